The lowest BCUT2D eigenvalue weighted by Crippen LogP contribution is -2.44. The summed E-state index contributed by atoms with van der Waals surface area (Å²) in [5.41, 5.74) is -4.08. The number of halogens is 1. The lowest BCUT2D eigenvalue weighted by atomic mass is 9.98. The van der Waals surface area contributed by atoms with Crippen molar-refractivity contribution in [3.63, 3.8) is 0 Å². The van der Waals surface area contributed by atoms with Crippen LogP contribution in [0.15, 0.2) is 52.2 Å². The molecule has 0 bridgehead atoms. The Labute approximate surface area is 200 Å². The molecule has 0 aliphatic carbocycles. The number of hydrogen-bond acceptors (Lipinski definition) is 9. The van der Waals surface area contributed by atoms with Crippen molar-refractivity contribution >= 4 is 14.1 Å². The molecular formula is C21H26FN3O9P+. The highest BCUT2D eigenvalue weighted by molar-refractivity contribution is 7.36. The first-order valence-electron chi connectivity index (χ1n) is 10.7. The van der Waals surface area contributed by atoms with Crippen LogP contribution < -0.4 is 15.8 Å². The van der Waals surface area contributed by atoms with Crippen LogP contribution in [-0.4, -0.2) is 62.6 Å². The van der Waals surface area contributed by atoms with E-state index < -0.39 is 62.2 Å². The van der Waals surface area contributed by atoms with Crippen LogP contribution in [0.2, 0.25) is 0 Å². The summed E-state index contributed by atoms with van der Waals surface area (Å²) >= 11 is 0. The number of aromatic amines is 1. The monoisotopic (exact) mass is 514 g/mol. The molecule has 14 heteroatoms. The third-order valence-electron chi connectivity index (χ3n) is 5.24. The lowest BCUT2D eigenvalue weighted by Gasteiger charge is -2.24. The quantitative estimate of drug-likeness (QED) is 0.271. The van der Waals surface area contributed by atoms with Crippen LogP contribution in [0.5, 0.6) is 5.75 Å². The van der Waals surface area contributed by atoms with Gasteiger partial charge in [0, 0.05) is 16.8 Å². The van der Waals surface area contributed by atoms with Crippen molar-refractivity contribution in [1.82, 2.24) is 14.4 Å². The largest absolute Gasteiger partial charge is 0.693 e. The summed E-state index contributed by atoms with van der Waals surface area (Å²) in [6, 6.07) is 7.94. The number of nitrogens with one attached hydrogen (secondary N) is 1. The van der Waals surface area contributed by atoms with Crippen LogP contribution in [0.25, 0.3) is 0 Å². The summed E-state index contributed by atoms with van der Waals surface area (Å²) in [5.74, 6) is -0.516. The van der Waals surface area contributed by atoms with Gasteiger partial charge in [0.2, 0.25) is 0 Å². The molecule has 2 aromatic rings. The van der Waals surface area contributed by atoms with Gasteiger partial charge in [-0.2, -0.15) is 0 Å². The fraction of sp³-hybridized carbons (Fsp3) is 0.476. The Hall–Kier alpha value is -2.96. The van der Waals surface area contributed by atoms with Crippen molar-refractivity contribution in [1.29, 1.82) is 0 Å². The van der Waals surface area contributed by atoms with Crippen LogP contribution in [0.4, 0.5) is 4.39 Å². The van der Waals surface area contributed by atoms with E-state index in [-0.39, 0.29) is 12.4 Å². The molecule has 0 radical (unpaired) electrons. The molecule has 190 valence electrons. The molecule has 2 N–H and O–H groups in total. The molecule has 35 heavy (non-hydrogen) atoms. The summed E-state index contributed by atoms with van der Waals surface area (Å²) in [6.07, 6.45) is -3.68. The molecule has 12 nitrogen and oxygen atoms in total. The molecular weight excluding hydrogens is 488 g/mol. The molecule has 3 rings (SSSR count). The number of nitrogens with zero attached hydrogens (tertiary/aromatic N) is 2. The van der Waals surface area contributed by atoms with Crippen LogP contribution in [-0.2, 0) is 23.7 Å². The van der Waals surface area contributed by atoms with Crippen LogP contribution >= 0.6 is 8.18 Å². The highest BCUT2D eigenvalue weighted by Crippen LogP contribution is 2.41. The highest BCUT2D eigenvalue weighted by atomic mass is 31.1. The average molecular weight is 514 g/mol. The number of esters is 1. The average Bonchev–Trinajstić information content (AvgIpc) is 3.03. The van der Waals surface area contributed by atoms with E-state index in [1.165, 1.54) is 6.92 Å². The Kier molecular flexibility index (Phi) is 8.51. The fourth-order valence-corrected chi connectivity index (χ4v) is 4.30. The Morgan fingerprint density at radius 3 is 2.66 bits per heavy atom. The first kappa shape index (κ1) is 26.6. The number of carbonyl (C=O) groups excluding carboxylic acids is 1. The summed E-state index contributed by atoms with van der Waals surface area (Å²) in [7, 11) is -2.79. The molecule has 0 amide bonds. The number of rotatable bonds is 10. The van der Waals surface area contributed by atoms with Crippen molar-refractivity contribution in [2.45, 2.75) is 50.9 Å². The van der Waals surface area contributed by atoms with E-state index in [2.05, 4.69) is 0 Å². The summed E-state index contributed by atoms with van der Waals surface area (Å²) < 4.78 is 45.0. The number of aromatic nitrogens is 2. The van der Waals surface area contributed by atoms with Gasteiger partial charge in [0.1, 0.15) is 18.8 Å². The third kappa shape index (κ3) is 6.00. The van der Waals surface area contributed by atoms with Gasteiger partial charge >= 0.3 is 19.8 Å². The number of aliphatic hydroxyl groups is 1. The van der Waals surface area contributed by atoms with E-state index in [4.69, 9.17) is 18.8 Å². The summed E-state index contributed by atoms with van der Waals surface area (Å²) in [5, 5.41) is 10.5. The van der Waals surface area contributed by atoms with Crippen molar-refractivity contribution in [3.05, 3.63) is 63.4 Å². The Morgan fingerprint density at radius 2 is 2.03 bits per heavy atom. The number of ether oxygens (including phenoxy) is 2. The van der Waals surface area contributed by atoms with Crippen LogP contribution in [0.1, 0.15) is 27.0 Å². The summed E-state index contributed by atoms with van der Waals surface area (Å²) in [6.45, 7) is 3.50. The molecule has 1 aliphatic rings. The highest BCUT2D eigenvalue weighted by Gasteiger charge is 2.56. The minimum Gasteiger partial charge on any atom is -0.465 e. The van der Waals surface area contributed by atoms with Gasteiger partial charge in [0.25, 0.3) is 5.56 Å². The van der Waals surface area contributed by atoms with Crippen molar-refractivity contribution in [3.8, 4) is 5.75 Å². The maximum absolute atomic E-state index is 15.4. The molecule has 2 heterocycles. The van der Waals surface area contributed by atoms with E-state index in [0.717, 1.165) is 28.6 Å². The van der Waals surface area contributed by atoms with E-state index >= 15 is 4.39 Å². The second-order valence-electron chi connectivity index (χ2n) is 7.81. The van der Waals surface area contributed by atoms with Crippen molar-refractivity contribution in [2.24, 2.45) is 0 Å². The van der Waals surface area contributed by atoms with E-state index in [0.29, 0.717) is 0 Å². The third-order valence-corrected chi connectivity index (χ3v) is 6.39. The maximum Gasteiger partial charge on any atom is 0.693 e. The second kappa shape index (κ2) is 11.2. The minimum absolute atomic E-state index is 0.0631. The van der Waals surface area contributed by atoms with E-state index in [1.807, 2.05) is 4.98 Å². The van der Waals surface area contributed by atoms with Crippen molar-refractivity contribution in [2.75, 3.05) is 13.2 Å². The summed E-state index contributed by atoms with van der Waals surface area (Å²) in [4.78, 5) is 44.0. The van der Waals surface area contributed by atoms with Gasteiger partial charge in [-0.15, -0.1) is 0 Å². The predicted molar refractivity (Wildman–Crippen MR) is 119 cm³/mol. The minimum atomic E-state index is -2.79. The van der Waals surface area contributed by atoms with Gasteiger partial charge in [-0.1, -0.05) is 18.2 Å². The molecule has 0 saturated carbocycles. The van der Waals surface area contributed by atoms with Gasteiger partial charge in [-0.05, 0) is 32.9 Å². The number of aliphatic hydroxyl groups excluding tert-OH is 1. The number of benzene rings is 1. The number of hydroxylamine groups is 1. The molecule has 1 fully saturated rings. The normalized spacial score (nSPS) is 25.3. The van der Waals surface area contributed by atoms with Crippen molar-refractivity contribution < 1.29 is 37.7 Å². The molecule has 6 atom stereocenters. The topological polar surface area (TPSA) is 149 Å². The SMILES string of the molecule is CCOC(=O)C(C)N(OC[C@H]1O[C@@H](n2ccc(=O)[nH]c2=O)[C@](C)(F)[C@@H]1O)[P+](=O)Oc1ccccc1. The zero-order valence-corrected chi connectivity index (χ0v) is 20.1. The molecule has 0 spiro atoms. The predicted octanol–water partition coefficient (Wildman–Crippen LogP) is 1.44. The zero-order valence-electron chi connectivity index (χ0n) is 19.2. The molecule has 1 saturated heterocycles. The molecule has 2 unspecified atom stereocenters. The Bertz CT molecular complexity index is 1160. The Morgan fingerprint density at radius 1 is 1.34 bits per heavy atom. The van der Waals surface area contributed by atoms with Gasteiger partial charge in [0.15, 0.2) is 23.7 Å². The van der Waals surface area contributed by atoms with E-state index in [9.17, 15) is 24.1 Å². The zero-order chi connectivity index (χ0) is 25.8. The molecule has 1 aliphatic heterocycles. The fourth-order valence-electron chi connectivity index (χ4n) is 3.38. The number of alkyl halides is 1. The van der Waals surface area contributed by atoms with Gasteiger partial charge in [-0.3, -0.25) is 24.0 Å². The number of carbonyl (C=O) groups is 1. The number of para-hydroxylation sites is 1. The Balaban J connectivity index is 1.78. The van der Waals surface area contributed by atoms with E-state index in [1.54, 1.807) is 37.3 Å². The first-order chi connectivity index (χ1) is 16.6. The van der Waals surface area contributed by atoms with Gasteiger partial charge in [-0.25, -0.2) is 13.7 Å². The second-order valence-corrected chi connectivity index (χ2v) is 8.86. The number of H-pyrrole nitrogens is 1. The number of hydrogen-bond donors (Lipinski definition) is 2. The lowest BCUT2D eigenvalue weighted by molar-refractivity contribution is -0.180. The first-order valence-corrected chi connectivity index (χ1v) is 11.8. The standard InChI is InChI=1S/C21H25FN3O9P/c1-4-31-18(28)13(2)25(35(30)34-14-8-6-5-7-9-14)32-12-15-17(27)21(3,22)19(33-15)24-11-10-16(26)23-20(24)29/h5-11,13,15,17,19,27H,4,12H2,1-3H3/p+1/t13?,15-,17-,19-,21-/m1/s1. The van der Waals surface area contributed by atoms with Gasteiger partial charge in [0.05, 0.1) is 11.4 Å². The van der Waals surface area contributed by atoms with Crippen LogP contribution in [0.3, 0.4) is 0 Å². The molecule has 1 aromatic heterocycles. The molecule has 1 aromatic carbocycles. The van der Waals surface area contributed by atoms with Crippen LogP contribution in [0, 0.1) is 0 Å². The van der Waals surface area contributed by atoms with Gasteiger partial charge < -0.3 is 14.6 Å². The maximum atomic E-state index is 15.4. The smallest absolute Gasteiger partial charge is 0.465 e.